The number of hydrogen-bond acceptors (Lipinski definition) is 4. The van der Waals surface area contributed by atoms with E-state index in [4.69, 9.17) is 5.14 Å². The van der Waals surface area contributed by atoms with Crippen LogP contribution in [-0.2, 0) is 21.4 Å². The summed E-state index contributed by atoms with van der Waals surface area (Å²) in [4.78, 5) is 23.7. The van der Waals surface area contributed by atoms with Crippen LogP contribution in [0.5, 0.6) is 0 Å². The van der Waals surface area contributed by atoms with Gasteiger partial charge in [-0.15, -0.1) is 0 Å². The maximum atomic E-state index is 12.3. The quantitative estimate of drug-likeness (QED) is 0.613. The summed E-state index contributed by atoms with van der Waals surface area (Å²) >= 11 is 0. The smallest absolute Gasteiger partial charge is 0.282 e. The number of rotatable bonds is 7. The van der Waals surface area contributed by atoms with Crippen LogP contribution in [0.3, 0.4) is 0 Å². The molecule has 0 aliphatic rings. The predicted molar refractivity (Wildman–Crippen MR) is 98.0 cm³/mol. The van der Waals surface area contributed by atoms with E-state index in [1.165, 1.54) is 19.1 Å². The van der Waals surface area contributed by atoms with E-state index in [9.17, 15) is 18.0 Å². The highest BCUT2D eigenvalue weighted by molar-refractivity contribution is 7.89. The highest BCUT2D eigenvalue weighted by Gasteiger charge is 2.16. The van der Waals surface area contributed by atoms with Gasteiger partial charge in [-0.3, -0.25) is 9.59 Å². The molecule has 8 heteroatoms. The Kier molecular flexibility index (Phi) is 6.25. The number of nitrogens with one attached hydrogen (secondary N) is 1. The van der Waals surface area contributed by atoms with Crippen LogP contribution in [0.2, 0.25) is 0 Å². The Morgan fingerprint density at radius 1 is 1.15 bits per heavy atom. The predicted octanol–water partition coefficient (Wildman–Crippen LogP) is 0.627. The number of hydrogen-bond donors (Lipinski definition) is 3. The standard InChI is InChI=1S/C18H21N3O4S/c1-12(18(23)21-16-5-3-4-15(10-16)13(2)22)20-11-14-6-8-17(9-7-14)26(19,24)25/h3-10,12,20H,11H2,1-2H3,(H,21,23)(H2,19,24,25)/p+1/t12-/m1/s1. The van der Waals surface area contributed by atoms with E-state index in [-0.39, 0.29) is 22.6 Å². The normalized spacial score (nSPS) is 12.4. The third kappa shape index (κ3) is 5.48. The zero-order valence-electron chi connectivity index (χ0n) is 14.6. The molecular weight excluding hydrogens is 354 g/mol. The number of anilines is 1. The molecule has 1 atom stereocenters. The summed E-state index contributed by atoms with van der Waals surface area (Å²) in [5, 5.41) is 9.68. The third-order valence-corrected chi connectivity index (χ3v) is 4.84. The minimum Gasteiger partial charge on any atom is -0.333 e. The van der Waals surface area contributed by atoms with Crippen LogP contribution in [0, 0.1) is 0 Å². The fraction of sp³-hybridized carbons (Fsp3) is 0.222. The van der Waals surface area contributed by atoms with Crippen LogP contribution in [0.15, 0.2) is 53.4 Å². The maximum Gasteiger partial charge on any atom is 0.282 e. The number of nitrogens with two attached hydrogens (primary N) is 2. The van der Waals surface area contributed by atoms with Gasteiger partial charge in [0, 0.05) is 16.8 Å². The lowest BCUT2D eigenvalue weighted by atomic mass is 10.1. The number of primary sulfonamides is 1. The second kappa shape index (κ2) is 8.22. The van der Waals surface area contributed by atoms with Gasteiger partial charge in [-0.25, -0.2) is 13.6 Å². The van der Waals surface area contributed by atoms with Crippen molar-refractivity contribution >= 4 is 27.4 Å². The van der Waals surface area contributed by atoms with Gasteiger partial charge in [-0.2, -0.15) is 0 Å². The molecule has 138 valence electrons. The Balaban J connectivity index is 1.93. The Morgan fingerprint density at radius 3 is 2.38 bits per heavy atom. The molecule has 26 heavy (non-hydrogen) atoms. The number of benzene rings is 2. The van der Waals surface area contributed by atoms with Crippen LogP contribution in [0.4, 0.5) is 5.69 Å². The summed E-state index contributed by atoms with van der Waals surface area (Å²) in [6, 6.07) is 12.6. The number of carbonyl (C=O) groups is 2. The van der Waals surface area contributed by atoms with E-state index in [0.717, 1.165) is 5.56 Å². The van der Waals surface area contributed by atoms with E-state index in [1.54, 1.807) is 43.3 Å². The zero-order valence-corrected chi connectivity index (χ0v) is 15.4. The molecule has 5 N–H and O–H groups in total. The summed E-state index contributed by atoms with van der Waals surface area (Å²) in [7, 11) is -3.71. The number of sulfonamides is 1. The van der Waals surface area contributed by atoms with E-state index >= 15 is 0 Å². The number of carbonyl (C=O) groups excluding carboxylic acids is 2. The molecule has 2 aromatic carbocycles. The van der Waals surface area contributed by atoms with Crippen LogP contribution < -0.4 is 15.8 Å². The van der Waals surface area contributed by atoms with Crippen molar-refractivity contribution in [2.24, 2.45) is 5.14 Å². The van der Waals surface area contributed by atoms with Gasteiger partial charge in [0.2, 0.25) is 10.0 Å². The average molecular weight is 376 g/mol. The summed E-state index contributed by atoms with van der Waals surface area (Å²) in [6.07, 6.45) is 0. The molecule has 1 amide bonds. The summed E-state index contributed by atoms with van der Waals surface area (Å²) < 4.78 is 22.5. The van der Waals surface area contributed by atoms with Gasteiger partial charge in [-0.05, 0) is 38.1 Å². The first kappa shape index (κ1) is 19.8. The van der Waals surface area contributed by atoms with Crippen LogP contribution in [0.25, 0.3) is 0 Å². The monoisotopic (exact) mass is 376 g/mol. The van der Waals surface area contributed by atoms with Gasteiger partial charge in [-0.1, -0.05) is 24.3 Å². The molecule has 0 aliphatic heterocycles. The fourth-order valence-electron chi connectivity index (χ4n) is 2.31. The molecule has 2 rings (SSSR count). The number of Topliss-reactive ketones (excluding diaryl/α,β-unsaturated/α-hetero) is 1. The molecule has 0 bridgehead atoms. The minimum atomic E-state index is -3.71. The van der Waals surface area contributed by atoms with E-state index in [1.807, 2.05) is 5.32 Å². The summed E-state index contributed by atoms with van der Waals surface area (Å²) in [5.74, 6) is -0.254. The molecule has 0 unspecified atom stereocenters. The summed E-state index contributed by atoms with van der Waals surface area (Å²) in [6.45, 7) is 3.74. The van der Waals surface area contributed by atoms with Crippen molar-refractivity contribution in [1.82, 2.24) is 0 Å². The molecule has 0 heterocycles. The number of quaternary nitrogens is 1. The lowest BCUT2D eigenvalue weighted by Crippen LogP contribution is -2.90. The largest absolute Gasteiger partial charge is 0.333 e. The van der Waals surface area contributed by atoms with Crippen molar-refractivity contribution < 1.29 is 23.3 Å². The molecule has 0 fully saturated rings. The topological polar surface area (TPSA) is 123 Å². The average Bonchev–Trinajstić information content (AvgIpc) is 2.59. The number of amides is 1. The lowest BCUT2D eigenvalue weighted by molar-refractivity contribution is -0.688. The first-order chi connectivity index (χ1) is 12.2. The van der Waals surface area contributed by atoms with Crippen molar-refractivity contribution in [3.63, 3.8) is 0 Å². The van der Waals surface area contributed by atoms with Crippen molar-refractivity contribution in [1.29, 1.82) is 0 Å². The second-order valence-electron chi connectivity index (χ2n) is 6.04. The van der Waals surface area contributed by atoms with Crippen molar-refractivity contribution in [3.8, 4) is 0 Å². The molecule has 0 aromatic heterocycles. The first-order valence-corrected chi connectivity index (χ1v) is 9.58. The molecule has 0 saturated heterocycles. The van der Waals surface area contributed by atoms with Crippen LogP contribution in [-0.4, -0.2) is 26.2 Å². The second-order valence-corrected chi connectivity index (χ2v) is 7.61. The highest BCUT2D eigenvalue weighted by Crippen LogP contribution is 2.11. The van der Waals surface area contributed by atoms with Crippen LogP contribution >= 0.6 is 0 Å². The molecule has 0 saturated carbocycles. The molecular formula is C18H22N3O4S+. The Labute approximate surface area is 152 Å². The van der Waals surface area contributed by atoms with Crippen molar-refractivity contribution in [2.75, 3.05) is 5.32 Å². The Bertz CT molecular complexity index is 908. The maximum absolute atomic E-state index is 12.3. The highest BCUT2D eigenvalue weighted by atomic mass is 32.2. The van der Waals surface area contributed by atoms with E-state index < -0.39 is 10.0 Å². The minimum absolute atomic E-state index is 0.0531. The molecule has 0 aliphatic carbocycles. The molecule has 7 nitrogen and oxygen atoms in total. The van der Waals surface area contributed by atoms with Gasteiger partial charge < -0.3 is 10.6 Å². The van der Waals surface area contributed by atoms with Gasteiger partial charge in [0.1, 0.15) is 6.54 Å². The van der Waals surface area contributed by atoms with Crippen molar-refractivity contribution in [2.45, 2.75) is 31.3 Å². The fourth-order valence-corrected chi connectivity index (χ4v) is 2.82. The SMILES string of the molecule is CC(=O)c1cccc(NC(=O)[C@@H](C)[NH2+]Cc2ccc(S(N)(=O)=O)cc2)c1. The van der Waals surface area contributed by atoms with Crippen LogP contribution in [0.1, 0.15) is 29.8 Å². The molecule has 0 radical (unpaired) electrons. The van der Waals surface area contributed by atoms with Gasteiger partial charge in [0.15, 0.2) is 11.8 Å². The first-order valence-electron chi connectivity index (χ1n) is 8.04. The molecule has 0 spiro atoms. The molecule has 2 aromatic rings. The zero-order chi connectivity index (χ0) is 19.3. The summed E-state index contributed by atoms with van der Waals surface area (Å²) in [5.41, 5.74) is 1.98. The lowest BCUT2D eigenvalue weighted by Gasteiger charge is -2.12. The Morgan fingerprint density at radius 2 is 1.81 bits per heavy atom. The third-order valence-electron chi connectivity index (χ3n) is 3.91. The van der Waals surface area contributed by atoms with Gasteiger partial charge in [0.05, 0.1) is 4.90 Å². The van der Waals surface area contributed by atoms with E-state index in [0.29, 0.717) is 17.8 Å². The van der Waals surface area contributed by atoms with Gasteiger partial charge in [0.25, 0.3) is 5.91 Å². The van der Waals surface area contributed by atoms with E-state index in [2.05, 4.69) is 5.32 Å². The van der Waals surface area contributed by atoms with Gasteiger partial charge >= 0.3 is 0 Å². The number of ketones is 1. The Hall–Kier alpha value is -2.55. The van der Waals surface area contributed by atoms with Crippen molar-refractivity contribution in [3.05, 3.63) is 59.7 Å².